The van der Waals surface area contributed by atoms with Crippen LogP contribution in [0.1, 0.15) is 80.9 Å². The fourth-order valence-electron chi connectivity index (χ4n) is 1.56. The second-order valence-corrected chi connectivity index (χ2v) is 3.83. The minimum absolute atomic E-state index is 0. The van der Waals surface area contributed by atoms with Crippen LogP contribution >= 0.6 is 0 Å². The normalized spacial score (nSPS) is 9.00. The molecular weight excluding hydrogens is 190 g/mol. The summed E-state index contributed by atoms with van der Waals surface area (Å²) in [5.41, 5.74) is 0. The first kappa shape index (κ1) is 21.3. The molecule has 0 aromatic heterocycles. The Hall–Kier alpha value is 2.00. The fraction of sp³-hybridized carbons (Fsp3) is 1.00. The number of hydrogen-bond donors (Lipinski definition) is 0. The van der Waals surface area contributed by atoms with E-state index < -0.39 is 0 Å². The molecule has 0 aromatic carbocycles. The van der Waals surface area contributed by atoms with Gasteiger partial charge in [-0.15, -0.1) is 0 Å². The van der Waals surface area contributed by atoms with E-state index in [1.807, 2.05) is 0 Å². The van der Waals surface area contributed by atoms with E-state index in [9.17, 15) is 0 Å². The van der Waals surface area contributed by atoms with E-state index in [0.29, 0.717) is 0 Å². The molecular formula is C12H28Na2. The summed E-state index contributed by atoms with van der Waals surface area (Å²) in [4.78, 5) is 0. The van der Waals surface area contributed by atoms with Gasteiger partial charge >= 0.3 is 59.1 Å². The zero-order valence-electron chi connectivity index (χ0n) is 13.1. The molecule has 0 radical (unpaired) electrons. The van der Waals surface area contributed by atoms with E-state index in [1.165, 1.54) is 64.2 Å². The number of unbranched alkanes of at least 4 members (excludes halogenated alkanes) is 9. The summed E-state index contributed by atoms with van der Waals surface area (Å²) in [6.07, 6.45) is 14.4. The van der Waals surface area contributed by atoms with Crippen LogP contribution in [0.2, 0.25) is 0 Å². The van der Waals surface area contributed by atoms with Gasteiger partial charge in [0.15, 0.2) is 0 Å². The van der Waals surface area contributed by atoms with Crippen molar-refractivity contribution < 1.29 is 62.0 Å². The van der Waals surface area contributed by atoms with Gasteiger partial charge in [0, 0.05) is 0 Å². The molecule has 0 aliphatic heterocycles. The summed E-state index contributed by atoms with van der Waals surface area (Å²) in [5, 5.41) is 0. The van der Waals surface area contributed by atoms with Gasteiger partial charge in [-0.2, -0.15) is 0 Å². The van der Waals surface area contributed by atoms with E-state index in [-0.39, 0.29) is 62.0 Å². The van der Waals surface area contributed by atoms with Crippen LogP contribution in [-0.4, -0.2) is 0 Å². The van der Waals surface area contributed by atoms with Gasteiger partial charge in [-0.05, 0) is 0 Å². The summed E-state index contributed by atoms with van der Waals surface area (Å²) in [6.45, 7) is 4.56. The molecule has 0 unspecified atom stereocenters. The van der Waals surface area contributed by atoms with Gasteiger partial charge in [0.1, 0.15) is 0 Å². The van der Waals surface area contributed by atoms with Crippen molar-refractivity contribution in [3.8, 4) is 0 Å². The zero-order chi connectivity index (χ0) is 9.07. The van der Waals surface area contributed by atoms with Crippen LogP contribution < -0.4 is 59.1 Å². The Morgan fingerprint density at radius 2 is 0.714 bits per heavy atom. The molecule has 0 N–H and O–H groups in total. The van der Waals surface area contributed by atoms with Gasteiger partial charge in [-0.1, -0.05) is 78.1 Å². The Kier molecular flexibility index (Phi) is 31.1. The van der Waals surface area contributed by atoms with Crippen molar-refractivity contribution in [1.29, 1.82) is 0 Å². The molecule has 0 atom stereocenters. The summed E-state index contributed by atoms with van der Waals surface area (Å²) in [6, 6.07) is 0. The smallest absolute Gasteiger partial charge is 1.00 e. The molecule has 0 bridgehead atoms. The first-order chi connectivity index (χ1) is 5.91. The Balaban J connectivity index is -0.000000101. The van der Waals surface area contributed by atoms with Crippen LogP contribution in [0.4, 0.5) is 0 Å². The monoisotopic (exact) mass is 218 g/mol. The Bertz CT molecular complexity index is 73.4. The standard InChI is InChI=1S/C12H26.2Na.2H/c1-3-5-7-9-11-12-10-8-6-4-2;;;;/h3-12H2,1-2H3;;;;/q;2*+1;2*-1. The quantitative estimate of drug-likeness (QED) is 0.350. The van der Waals surface area contributed by atoms with Crippen molar-refractivity contribution in [3.05, 3.63) is 0 Å². The summed E-state index contributed by atoms with van der Waals surface area (Å²) in [5.74, 6) is 0. The third kappa shape index (κ3) is 19.6. The Labute approximate surface area is 139 Å². The van der Waals surface area contributed by atoms with Crippen LogP contribution in [0, 0.1) is 0 Å². The van der Waals surface area contributed by atoms with Gasteiger partial charge in [-0.3, -0.25) is 0 Å². The van der Waals surface area contributed by atoms with E-state index in [0.717, 1.165) is 0 Å². The summed E-state index contributed by atoms with van der Waals surface area (Å²) < 4.78 is 0. The molecule has 0 saturated carbocycles. The van der Waals surface area contributed by atoms with E-state index in [1.54, 1.807) is 0 Å². The maximum atomic E-state index is 2.28. The molecule has 14 heavy (non-hydrogen) atoms. The van der Waals surface area contributed by atoms with Crippen molar-refractivity contribution >= 4 is 0 Å². The van der Waals surface area contributed by atoms with E-state index >= 15 is 0 Å². The van der Waals surface area contributed by atoms with Crippen LogP contribution in [0.15, 0.2) is 0 Å². The first-order valence-corrected chi connectivity index (χ1v) is 5.91. The first-order valence-electron chi connectivity index (χ1n) is 5.91. The van der Waals surface area contributed by atoms with Gasteiger partial charge in [-0.25, -0.2) is 0 Å². The molecule has 78 valence electrons. The van der Waals surface area contributed by atoms with Crippen molar-refractivity contribution in [1.82, 2.24) is 0 Å². The summed E-state index contributed by atoms with van der Waals surface area (Å²) >= 11 is 0. The molecule has 0 nitrogen and oxygen atoms in total. The maximum Gasteiger partial charge on any atom is 1.00 e. The van der Waals surface area contributed by atoms with Crippen molar-refractivity contribution in [2.45, 2.75) is 78.1 Å². The van der Waals surface area contributed by atoms with Crippen molar-refractivity contribution in [2.24, 2.45) is 0 Å². The van der Waals surface area contributed by atoms with Gasteiger partial charge < -0.3 is 2.85 Å². The Morgan fingerprint density at radius 1 is 0.500 bits per heavy atom. The second kappa shape index (κ2) is 20.4. The molecule has 0 spiro atoms. The molecule has 0 saturated heterocycles. The molecule has 0 amide bonds. The predicted molar refractivity (Wildman–Crippen MR) is 59.7 cm³/mol. The molecule has 0 heterocycles. The molecule has 0 aliphatic rings. The maximum absolute atomic E-state index is 2.28. The van der Waals surface area contributed by atoms with Gasteiger partial charge in [0.25, 0.3) is 0 Å². The van der Waals surface area contributed by atoms with Crippen LogP contribution in [0.5, 0.6) is 0 Å². The van der Waals surface area contributed by atoms with Crippen molar-refractivity contribution in [2.75, 3.05) is 0 Å². The SMILES string of the molecule is CCCCCCCCCCCC.[H-].[H-].[Na+].[Na+]. The van der Waals surface area contributed by atoms with E-state index in [4.69, 9.17) is 0 Å². The molecule has 0 rings (SSSR count). The zero-order valence-corrected chi connectivity index (χ0v) is 15.1. The number of hydrogen-bond acceptors (Lipinski definition) is 0. The average molecular weight is 218 g/mol. The predicted octanol–water partition coefficient (Wildman–Crippen LogP) is -0.840. The van der Waals surface area contributed by atoms with Crippen LogP contribution in [0.3, 0.4) is 0 Å². The third-order valence-electron chi connectivity index (χ3n) is 2.46. The molecule has 0 aliphatic carbocycles. The second-order valence-electron chi connectivity index (χ2n) is 3.83. The minimum Gasteiger partial charge on any atom is -1.00 e. The van der Waals surface area contributed by atoms with Gasteiger partial charge in [0.2, 0.25) is 0 Å². The van der Waals surface area contributed by atoms with E-state index in [2.05, 4.69) is 13.8 Å². The largest absolute Gasteiger partial charge is 1.00 e. The molecule has 0 fully saturated rings. The molecule has 2 heteroatoms. The average Bonchev–Trinajstić information content (AvgIpc) is 2.10. The van der Waals surface area contributed by atoms with Crippen LogP contribution in [0.25, 0.3) is 0 Å². The fourth-order valence-corrected chi connectivity index (χ4v) is 1.56. The van der Waals surface area contributed by atoms with Gasteiger partial charge in [0.05, 0.1) is 0 Å². The minimum atomic E-state index is 0. The molecule has 0 aromatic rings. The topological polar surface area (TPSA) is 0 Å². The Morgan fingerprint density at radius 3 is 0.929 bits per heavy atom. The van der Waals surface area contributed by atoms with Crippen LogP contribution in [-0.2, 0) is 0 Å². The van der Waals surface area contributed by atoms with Crippen molar-refractivity contribution in [3.63, 3.8) is 0 Å². The summed E-state index contributed by atoms with van der Waals surface area (Å²) in [7, 11) is 0. The number of rotatable bonds is 9. The third-order valence-corrected chi connectivity index (χ3v) is 2.46.